The van der Waals surface area contributed by atoms with Gasteiger partial charge in [-0.3, -0.25) is 9.36 Å². The summed E-state index contributed by atoms with van der Waals surface area (Å²) < 4.78 is 8.24. The molecular formula is C36H37ClN4O3S. The van der Waals surface area contributed by atoms with Gasteiger partial charge in [-0.1, -0.05) is 81.8 Å². The average Bonchev–Trinajstić information content (AvgIpc) is 3.43. The second kappa shape index (κ2) is 14.2. The Kier molecular flexibility index (Phi) is 10.2. The highest BCUT2D eigenvalue weighted by atomic mass is 35.5. The van der Waals surface area contributed by atoms with Crippen LogP contribution in [-0.4, -0.2) is 32.4 Å². The van der Waals surface area contributed by atoms with E-state index in [1.165, 1.54) is 17.3 Å². The van der Waals surface area contributed by atoms with Crippen molar-refractivity contribution in [2.75, 3.05) is 11.9 Å². The van der Waals surface area contributed by atoms with Gasteiger partial charge in [0.2, 0.25) is 5.16 Å². The molecule has 5 rings (SSSR count). The summed E-state index contributed by atoms with van der Waals surface area (Å²) >= 11 is 7.76. The van der Waals surface area contributed by atoms with Crippen LogP contribution in [0.3, 0.4) is 0 Å². The lowest BCUT2D eigenvalue weighted by atomic mass is 9.87. The van der Waals surface area contributed by atoms with Crippen LogP contribution in [0, 0.1) is 0 Å². The summed E-state index contributed by atoms with van der Waals surface area (Å²) in [5, 5.41) is 23.1. The fourth-order valence-electron chi connectivity index (χ4n) is 4.77. The summed E-state index contributed by atoms with van der Waals surface area (Å²) in [5.74, 6) is 0.703. The summed E-state index contributed by atoms with van der Waals surface area (Å²) in [6.07, 6.45) is 0.892. The number of hydrogen-bond donors (Lipinski definition) is 2. The van der Waals surface area contributed by atoms with Crippen LogP contribution in [0.15, 0.2) is 101 Å². The van der Waals surface area contributed by atoms with Crippen molar-refractivity contribution in [1.82, 2.24) is 14.8 Å². The monoisotopic (exact) mass is 640 g/mol. The molecule has 45 heavy (non-hydrogen) atoms. The van der Waals surface area contributed by atoms with Crippen molar-refractivity contribution in [2.24, 2.45) is 0 Å². The number of carboxylic acid groups (broad SMARTS) is 1. The molecule has 9 heteroatoms. The van der Waals surface area contributed by atoms with Gasteiger partial charge in [-0.2, -0.15) is 0 Å². The second-order valence-electron chi connectivity index (χ2n) is 11.8. The van der Waals surface area contributed by atoms with Crippen molar-refractivity contribution in [2.45, 2.75) is 62.5 Å². The van der Waals surface area contributed by atoms with Crippen molar-refractivity contribution < 1.29 is 14.6 Å². The zero-order chi connectivity index (χ0) is 32.0. The summed E-state index contributed by atoms with van der Waals surface area (Å²) in [7, 11) is 0. The third kappa shape index (κ3) is 8.26. The number of ether oxygens (including phenoxy) is 1. The number of nitrogens with zero attached hydrogens (tertiary/aromatic N) is 3. The largest absolute Gasteiger partial charge is 0.493 e. The molecule has 0 fully saturated rings. The summed E-state index contributed by atoms with van der Waals surface area (Å²) in [6, 6.07) is 29.8. The first-order valence-corrected chi connectivity index (χ1v) is 16.1. The van der Waals surface area contributed by atoms with Gasteiger partial charge >= 0.3 is 5.97 Å². The molecule has 0 saturated carbocycles. The van der Waals surface area contributed by atoms with Gasteiger partial charge in [0.1, 0.15) is 5.75 Å². The maximum Gasteiger partial charge on any atom is 0.307 e. The van der Waals surface area contributed by atoms with Gasteiger partial charge in [-0.25, -0.2) is 0 Å². The number of carboxylic acids is 1. The molecule has 7 nitrogen and oxygen atoms in total. The predicted octanol–water partition coefficient (Wildman–Crippen LogP) is 9.06. The predicted molar refractivity (Wildman–Crippen MR) is 182 cm³/mol. The zero-order valence-corrected chi connectivity index (χ0v) is 27.5. The van der Waals surface area contributed by atoms with Crippen LogP contribution in [-0.2, 0) is 23.2 Å². The Labute approximate surface area is 273 Å². The van der Waals surface area contributed by atoms with E-state index in [1.807, 2.05) is 54.6 Å². The van der Waals surface area contributed by atoms with E-state index in [-0.39, 0.29) is 11.8 Å². The smallest absolute Gasteiger partial charge is 0.307 e. The molecule has 0 unspecified atom stereocenters. The third-order valence-electron chi connectivity index (χ3n) is 7.23. The molecule has 0 atom stereocenters. The molecular weight excluding hydrogens is 604 g/mol. The number of anilines is 1. The van der Waals surface area contributed by atoms with Crippen molar-refractivity contribution in [3.63, 3.8) is 0 Å². The number of rotatable bonds is 12. The Hall–Kier alpha value is -4.27. The van der Waals surface area contributed by atoms with E-state index in [0.29, 0.717) is 18.2 Å². The van der Waals surface area contributed by atoms with E-state index < -0.39 is 5.97 Å². The van der Waals surface area contributed by atoms with Crippen LogP contribution in [0.2, 0.25) is 5.02 Å². The Morgan fingerprint density at radius 2 is 1.67 bits per heavy atom. The second-order valence-corrected chi connectivity index (χ2v) is 13.3. The number of nitrogens with one attached hydrogen (secondary N) is 1. The molecule has 0 radical (unpaired) electrons. The highest BCUT2D eigenvalue weighted by molar-refractivity contribution is 7.99. The van der Waals surface area contributed by atoms with Crippen LogP contribution in [0.1, 0.15) is 50.8 Å². The normalized spacial score (nSPS) is 11.4. The van der Waals surface area contributed by atoms with Gasteiger partial charge < -0.3 is 15.2 Å². The standard InChI is InChI=1S/C36H37ClN4O3S/c1-5-20-44-32-22-31(19-10-26(32)23-38-29-15-6-24(7-16-29)21-33(42)43)45-35-40-39-34(41(35)30-17-13-28(37)14-18-30)25-8-11-27(12-9-25)36(2,3)4/h6-19,22,38H,5,20-21,23H2,1-4H3,(H,42,43). The minimum Gasteiger partial charge on any atom is -0.493 e. The van der Waals surface area contributed by atoms with Gasteiger partial charge in [0.25, 0.3) is 0 Å². The number of hydrogen-bond acceptors (Lipinski definition) is 6. The molecule has 1 aromatic heterocycles. The molecule has 0 bridgehead atoms. The zero-order valence-electron chi connectivity index (χ0n) is 25.9. The quantitative estimate of drug-likeness (QED) is 0.141. The summed E-state index contributed by atoms with van der Waals surface area (Å²) in [5.41, 5.74) is 5.88. The van der Waals surface area contributed by atoms with E-state index in [9.17, 15) is 4.79 Å². The van der Waals surface area contributed by atoms with Gasteiger partial charge in [0.05, 0.1) is 13.0 Å². The minimum atomic E-state index is -0.844. The lowest BCUT2D eigenvalue weighted by Gasteiger charge is -2.19. The number of carbonyl (C=O) groups is 1. The van der Waals surface area contributed by atoms with Crippen LogP contribution >= 0.6 is 23.4 Å². The van der Waals surface area contributed by atoms with Crippen LogP contribution in [0.4, 0.5) is 5.69 Å². The van der Waals surface area contributed by atoms with Crippen LogP contribution in [0.25, 0.3) is 17.1 Å². The topological polar surface area (TPSA) is 89.3 Å². The highest BCUT2D eigenvalue weighted by Gasteiger charge is 2.19. The lowest BCUT2D eigenvalue weighted by Crippen LogP contribution is -2.10. The number of halogens is 1. The SMILES string of the molecule is CCCOc1cc(Sc2nnc(-c3ccc(C(C)(C)C)cc3)n2-c2ccc(Cl)cc2)ccc1CNc1ccc(CC(=O)O)cc1. The molecule has 0 spiro atoms. The highest BCUT2D eigenvalue weighted by Crippen LogP contribution is 2.36. The Morgan fingerprint density at radius 3 is 2.31 bits per heavy atom. The Bertz CT molecular complexity index is 1750. The van der Waals surface area contributed by atoms with Gasteiger partial charge in [0.15, 0.2) is 5.82 Å². The first kappa shape index (κ1) is 32.1. The molecule has 0 aliphatic rings. The van der Waals surface area contributed by atoms with E-state index in [0.717, 1.165) is 56.1 Å². The Balaban J connectivity index is 1.42. The van der Waals surface area contributed by atoms with E-state index in [1.54, 1.807) is 0 Å². The van der Waals surface area contributed by atoms with Crippen molar-refractivity contribution in [1.29, 1.82) is 0 Å². The van der Waals surface area contributed by atoms with Gasteiger partial charge in [-0.15, -0.1) is 10.2 Å². The van der Waals surface area contributed by atoms with Gasteiger partial charge in [0, 0.05) is 39.0 Å². The summed E-state index contributed by atoms with van der Waals surface area (Å²) in [6.45, 7) is 9.84. The number of benzene rings is 4. The average molecular weight is 641 g/mol. The lowest BCUT2D eigenvalue weighted by molar-refractivity contribution is -0.136. The molecule has 1 heterocycles. The molecule has 2 N–H and O–H groups in total. The van der Waals surface area contributed by atoms with E-state index in [2.05, 4.69) is 84.2 Å². The van der Waals surface area contributed by atoms with Crippen LogP contribution < -0.4 is 10.1 Å². The molecule has 232 valence electrons. The molecule has 0 aliphatic carbocycles. The fraction of sp³-hybridized carbons (Fsp3) is 0.250. The molecule has 0 aliphatic heterocycles. The van der Waals surface area contributed by atoms with Crippen molar-refractivity contribution in [3.05, 3.63) is 113 Å². The molecule has 0 amide bonds. The van der Waals surface area contributed by atoms with Gasteiger partial charge in [-0.05, 0) is 83.3 Å². The fourth-order valence-corrected chi connectivity index (χ4v) is 5.78. The molecule has 5 aromatic rings. The minimum absolute atomic E-state index is 0.00513. The summed E-state index contributed by atoms with van der Waals surface area (Å²) in [4.78, 5) is 12.0. The number of aliphatic carboxylic acids is 1. The Morgan fingerprint density at radius 1 is 0.956 bits per heavy atom. The number of aromatic nitrogens is 3. The van der Waals surface area contributed by atoms with E-state index >= 15 is 0 Å². The van der Waals surface area contributed by atoms with Crippen molar-refractivity contribution >= 4 is 35.0 Å². The maximum atomic E-state index is 11.0. The first-order chi connectivity index (χ1) is 21.6. The van der Waals surface area contributed by atoms with Crippen LogP contribution in [0.5, 0.6) is 5.75 Å². The maximum absolute atomic E-state index is 11.0. The first-order valence-electron chi connectivity index (χ1n) is 14.9. The third-order valence-corrected chi connectivity index (χ3v) is 8.42. The van der Waals surface area contributed by atoms with E-state index in [4.69, 9.17) is 21.4 Å². The molecule has 0 saturated heterocycles. The molecule has 4 aromatic carbocycles. The van der Waals surface area contributed by atoms with Crippen molar-refractivity contribution in [3.8, 4) is 22.8 Å².